The zero-order valence-corrected chi connectivity index (χ0v) is 18.0. The standard InChI is InChI=1S/C21H16ClF4N3O2S/c22-16-11-13(21(24,25)26)9-12(10-17-19(30)27-20(31)32-17)18(16)29-7-5-28(6-8-29)15-3-1-14(23)2-4-15/h1-4,9-11H,5-8H2,(H,27,30,31)/b17-10+. The van der Waals surface area contributed by atoms with Gasteiger partial charge >= 0.3 is 6.18 Å². The Labute approximate surface area is 190 Å². The van der Waals surface area contributed by atoms with E-state index in [9.17, 15) is 27.2 Å². The van der Waals surface area contributed by atoms with Gasteiger partial charge in [-0.2, -0.15) is 13.2 Å². The molecule has 11 heteroatoms. The quantitative estimate of drug-likeness (QED) is 0.481. The molecule has 5 nitrogen and oxygen atoms in total. The van der Waals surface area contributed by atoms with Crippen molar-refractivity contribution in [1.29, 1.82) is 0 Å². The molecular formula is C21H16ClF4N3O2S. The number of nitrogens with one attached hydrogen (secondary N) is 1. The summed E-state index contributed by atoms with van der Waals surface area (Å²) in [5.41, 5.74) is 0.355. The van der Waals surface area contributed by atoms with E-state index >= 15 is 0 Å². The number of nitrogens with zero attached hydrogens (tertiary/aromatic N) is 2. The molecule has 168 valence electrons. The molecule has 2 aromatic rings. The first kappa shape index (κ1) is 22.5. The van der Waals surface area contributed by atoms with Crippen LogP contribution in [0.5, 0.6) is 0 Å². The number of imide groups is 1. The number of halogens is 5. The first-order valence-corrected chi connectivity index (χ1v) is 10.7. The number of anilines is 2. The van der Waals surface area contributed by atoms with Gasteiger partial charge in [0.25, 0.3) is 11.1 Å². The summed E-state index contributed by atoms with van der Waals surface area (Å²) in [7, 11) is 0. The molecule has 32 heavy (non-hydrogen) atoms. The van der Waals surface area contributed by atoms with Gasteiger partial charge in [-0.15, -0.1) is 0 Å². The summed E-state index contributed by atoms with van der Waals surface area (Å²) in [5.74, 6) is -1.01. The maximum atomic E-state index is 13.4. The summed E-state index contributed by atoms with van der Waals surface area (Å²) in [6.45, 7) is 1.95. The molecule has 0 aliphatic carbocycles. The molecule has 0 spiro atoms. The van der Waals surface area contributed by atoms with Gasteiger partial charge in [0, 0.05) is 37.4 Å². The lowest BCUT2D eigenvalue weighted by molar-refractivity contribution is -0.137. The molecule has 0 saturated carbocycles. The summed E-state index contributed by atoms with van der Waals surface area (Å²) >= 11 is 6.92. The number of rotatable bonds is 3. The minimum atomic E-state index is -4.63. The molecule has 4 rings (SSSR count). The van der Waals surface area contributed by atoms with Gasteiger partial charge in [0.15, 0.2) is 0 Å². The van der Waals surface area contributed by atoms with Gasteiger partial charge in [-0.3, -0.25) is 14.9 Å². The van der Waals surface area contributed by atoms with Crippen LogP contribution in [0.1, 0.15) is 11.1 Å². The molecule has 1 N–H and O–H groups in total. The highest BCUT2D eigenvalue weighted by atomic mass is 35.5. The van der Waals surface area contributed by atoms with Gasteiger partial charge in [-0.1, -0.05) is 11.6 Å². The monoisotopic (exact) mass is 485 g/mol. The van der Waals surface area contributed by atoms with Crippen molar-refractivity contribution in [2.24, 2.45) is 0 Å². The molecule has 2 amide bonds. The van der Waals surface area contributed by atoms with Gasteiger partial charge in [0.1, 0.15) is 5.82 Å². The summed E-state index contributed by atoms with van der Waals surface area (Å²) in [4.78, 5) is 27.3. The second kappa shape index (κ2) is 8.67. The molecule has 2 aliphatic heterocycles. The minimum absolute atomic E-state index is 0.00316. The molecule has 0 radical (unpaired) electrons. The van der Waals surface area contributed by atoms with Crippen molar-refractivity contribution >= 4 is 52.0 Å². The second-order valence-electron chi connectivity index (χ2n) is 7.20. The number of hydrogen-bond acceptors (Lipinski definition) is 5. The van der Waals surface area contributed by atoms with E-state index in [1.54, 1.807) is 12.1 Å². The van der Waals surface area contributed by atoms with Crippen molar-refractivity contribution < 1.29 is 27.2 Å². The third-order valence-corrected chi connectivity index (χ3v) is 6.24. The normalized spacial score (nSPS) is 18.5. The van der Waals surface area contributed by atoms with E-state index in [1.165, 1.54) is 18.2 Å². The van der Waals surface area contributed by atoms with Crippen LogP contribution in [0.25, 0.3) is 6.08 Å². The molecule has 0 atom stereocenters. The Morgan fingerprint density at radius 1 is 1.00 bits per heavy atom. The van der Waals surface area contributed by atoms with Crippen LogP contribution in [0.15, 0.2) is 41.3 Å². The van der Waals surface area contributed by atoms with Gasteiger partial charge in [-0.25, -0.2) is 4.39 Å². The largest absolute Gasteiger partial charge is 0.416 e. The molecule has 0 bridgehead atoms. The van der Waals surface area contributed by atoms with Crippen LogP contribution >= 0.6 is 23.4 Å². The van der Waals surface area contributed by atoms with Gasteiger partial charge < -0.3 is 9.80 Å². The Kier molecular flexibility index (Phi) is 6.09. The average Bonchev–Trinajstić information content (AvgIpc) is 3.04. The van der Waals surface area contributed by atoms with Crippen LogP contribution < -0.4 is 15.1 Å². The highest BCUT2D eigenvalue weighted by Gasteiger charge is 2.34. The average molecular weight is 486 g/mol. The van der Waals surface area contributed by atoms with Crippen molar-refractivity contribution in [1.82, 2.24) is 5.32 Å². The minimum Gasteiger partial charge on any atom is -0.368 e. The predicted octanol–water partition coefficient (Wildman–Crippen LogP) is 5.15. The van der Waals surface area contributed by atoms with Crippen molar-refractivity contribution in [2.45, 2.75) is 6.18 Å². The van der Waals surface area contributed by atoms with Crippen LogP contribution in [0.3, 0.4) is 0 Å². The Morgan fingerprint density at radius 2 is 1.62 bits per heavy atom. The number of amides is 2. The Bertz CT molecular complexity index is 1100. The third kappa shape index (κ3) is 4.71. The number of alkyl halides is 3. The fraction of sp³-hybridized carbons (Fsp3) is 0.238. The summed E-state index contributed by atoms with van der Waals surface area (Å²) < 4.78 is 53.3. The fourth-order valence-electron chi connectivity index (χ4n) is 3.63. The first-order chi connectivity index (χ1) is 15.1. The molecule has 2 fully saturated rings. The Balaban J connectivity index is 1.66. The molecule has 0 unspecified atom stereocenters. The molecule has 2 aliphatic rings. The lowest BCUT2D eigenvalue weighted by atomic mass is 10.0. The zero-order valence-electron chi connectivity index (χ0n) is 16.4. The summed E-state index contributed by atoms with van der Waals surface area (Å²) in [6, 6.07) is 7.85. The van der Waals surface area contributed by atoms with Crippen molar-refractivity contribution in [3.63, 3.8) is 0 Å². The second-order valence-corrected chi connectivity index (χ2v) is 8.62. The van der Waals surface area contributed by atoms with E-state index in [-0.39, 0.29) is 21.3 Å². The van der Waals surface area contributed by atoms with Crippen molar-refractivity contribution in [2.75, 3.05) is 36.0 Å². The number of carbonyl (C=O) groups excluding carboxylic acids is 2. The maximum Gasteiger partial charge on any atom is 0.416 e. The summed E-state index contributed by atoms with van der Waals surface area (Å²) in [5, 5.41) is 1.40. The van der Waals surface area contributed by atoms with E-state index in [0.717, 1.165) is 17.8 Å². The van der Waals surface area contributed by atoms with Crippen LogP contribution in [0.2, 0.25) is 5.02 Å². The third-order valence-electron chi connectivity index (χ3n) is 5.14. The van der Waals surface area contributed by atoms with Crippen LogP contribution in [-0.2, 0) is 11.0 Å². The maximum absolute atomic E-state index is 13.4. The topological polar surface area (TPSA) is 52.7 Å². The number of benzene rings is 2. The first-order valence-electron chi connectivity index (χ1n) is 9.53. The number of hydrogen-bond donors (Lipinski definition) is 1. The van der Waals surface area contributed by atoms with Crippen molar-refractivity contribution in [3.8, 4) is 0 Å². The number of thioether (sulfide) groups is 1. The summed E-state index contributed by atoms with van der Waals surface area (Å²) in [6.07, 6.45) is -3.37. The fourth-order valence-corrected chi connectivity index (χ4v) is 4.65. The molecule has 0 aromatic heterocycles. The smallest absolute Gasteiger partial charge is 0.368 e. The van der Waals surface area contributed by atoms with Gasteiger partial charge in [-0.05, 0) is 54.2 Å². The van der Waals surface area contributed by atoms with Crippen LogP contribution in [0, 0.1) is 5.82 Å². The molecule has 2 aromatic carbocycles. The Morgan fingerprint density at radius 3 is 2.19 bits per heavy atom. The Hall–Kier alpha value is -2.72. The molecule has 2 saturated heterocycles. The van der Waals surface area contributed by atoms with Gasteiger partial charge in [0.05, 0.1) is 21.2 Å². The lowest BCUT2D eigenvalue weighted by Crippen LogP contribution is -2.46. The van der Waals surface area contributed by atoms with E-state index < -0.39 is 22.9 Å². The predicted molar refractivity (Wildman–Crippen MR) is 116 cm³/mol. The van der Waals surface area contributed by atoms with Gasteiger partial charge in [0.2, 0.25) is 0 Å². The van der Waals surface area contributed by atoms with Crippen LogP contribution in [-0.4, -0.2) is 37.3 Å². The lowest BCUT2D eigenvalue weighted by Gasteiger charge is -2.38. The highest BCUT2D eigenvalue weighted by Crippen LogP contribution is 2.40. The highest BCUT2D eigenvalue weighted by molar-refractivity contribution is 8.18. The SMILES string of the molecule is O=C1NC(=O)/C(=C\c2cc(C(F)(F)F)cc(Cl)c2N2CCN(c3ccc(F)cc3)CC2)S1. The van der Waals surface area contributed by atoms with E-state index in [4.69, 9.17) is 11.6 Å². The molecule has 2 heterocycles. The van der Waals surface area contributed by atoms with E-state index in [1.807, 2.05) is 9.80 Å². The van der Waals surface area contributed by atoms with E-state index in [0.29, 0.717) is 43.6 Å². The van der Waals surface area contributed by atoms with Crippen LogP contribution in [0.4, 0.5) is 33.7 Å². The number of carbonyl (C=O) groups is 2. The number of piperazine rings is 1. The van der Waals surface area contributed by atoms with Crippen molar-refractivity contribution in [3.05, 3.63) is 63.3 Å². The zero-order chi connectivity index (χ0) is 23.0. The van der Waals surface area contributed by atoms with E-state index in [2.05, 4.69) is 5.32 Å². The molecular weight excluding hydrogens is 470 g/mol.